The fourth-order valence-corrected chi connectivity index (χ4v) is 7.68. The van der Waals surface area contributed by atoms with Crippen molar-refractivity contribution in [2.75, 3.05) is 24.7 Å². The third-order valence-corrected chi connectivity index (χ3v) is 9.88. The number of hydrogen-bond donors (Lipinski definition) is 5. The van der Waals surface area contributed by atoms with Gasteiger partial charge in [-0.05, 0) is 17.9 Å². The summed E-state index contributed by atoms with van der Waals surface area (Å²) in [7, 11) is -5.14. The first-order chi connectivity index (χ1) is 21.3. The maximum Gasteiger partial charge on any atom is 0.472 e. The highest BCUT2D eigenvalue weighted by Gasteiger charge is 2.54. The van der Waals surface area contributed by atoms with Crippen molar-refractivity contribution < 1.29 is 50.7 Å². The number of nitrogens with zero attached hydrogens (tertiary/aromatic N) is 6. The minimum atomic E-state index is -5.14. The minimum absolute atomic E-state index is 0.126. The van der Waals surface area contributed by atoms with E-state index < -0.39 is 82.5 Å². The van der Waals surface area contributed by atoms with Crippen LogP contribution in [-0.2, 0) is 43.9 Å². The van der Waals surface area contributed by atoms with Gasteiger partial charge in [0.2, 0.25) is 5.95 Å². The monoisotopic (exact) mass is 693 g/mol. The van der Waals surface area contributed by atoms with Crippen LogP contribution >= 0.6 is 14.5 Å². The van der Waals surface area contributed by atoms with E-state index in [2.05, 4.69) is 24.9 Å². The molecule has 45 heavy (non-hydrogen) atoms. The van der Waals surface area contributed by atoms with Gasteiger partial charge in [-0.2, -0.15) is 4.98 Å². The Hall–Kier alpha value is -3.01. The van der Waals surface area contributed by atoms with E-state index in [4.69, 9.17) is 50.8 Å². The number of alkyl halides is 2. The Morgan fingerprint density at radius 1 is 0.933 bits per heavy atom. The molecule has 0 spiro atoms. The molecule has 3 saturated heterocycles. The standard InChI is InChI=1S/C21H23F2N9O10P2S/c22-10-8-3-37-43(34,35)41-14-9(40-19(11(14)23)31-5-27-12-7(24)1-2-26-16(12)31)4-38-44(36,45)42-15(10)20(39-8)32-6-28-13-17(32)29-21(25)30-18(13)33/h1-2,5-6,8-11,14-15,19-20H,3-4H2,(H2,24,26)(H,34,35)(H,36,45)(H3,25,29,30,33)/t8-,9-,10-,11-,14-,15-,19-,20-,44?/m1/s1. The lowest BCUT2D eigenvalue weighted by molar-refractivity contribution is -0.0630. The van der Waals surface area contributed by atoms with E-state index in [1.165, 1.54) is 23.2 Å². The summed E-state index contributed by atoms with van der Waals surface area (Å²) in [6.45, 7) is -6.04. The van der Waals surface area contributed by atoms with Gasteiger partial charge in [0.25, 0.3) is 5.56 Å². The van der Waals surface area contributed by atoms with E-state index in [0.29, 0.717) is 0 Å². The van der Waals surface area contributed by atoms with Crippen molar-refractivity contribution in [3.8, 4) is 0 Å². The average Bonchev–Trinajstić information content (AvgIpc) is 3.72. The summed E-state index contributed by atoms with van der Waals surface area (Å²) in [4.78, 5) is 52.3. The van der Waals surface area contributed by atoms with Crippen LogP contribution in [0.3, 0.4) is 0 Å². The number of aromatic amines is 1. The van der Waals surface area contributed by atoms with Gasteiger partial charge in [-0.25, -0.2) is 28.3 Å². The van der Waals surface area contributed by atoms with Crippen LogP contribution in [0, 0.1) is 0 Å². The van der Waals surface area contributed by atoms with Crippen LogP contribution in [0.15, 0.2) is 29.7 Å². The predicted molar refractivity (Wildman–Crippen MR) is 150 cm³/mol. The van der Waals surface area contributed by atoms with Crippen molar-refractivity contribution in [3.63, 3.8) is 0 Å². The Morgan fingerprint density at radius 2 is 1.62 bits per heavy atom. The molecular weight excluding hydrogens is 670 g/mol. The highest BCUT2D eigenvalue weighted by molar-refractivity contribution is 8.07. The van der Waals surface area contributed by atoms with Crippen LogP contribution in [-0.4, -0.2) is 93.8 Å². The molecule has 24 heteroatoms. The van der Waals surface area contributed by atoms with Crippen LogP contribution in [0.2, 0.25) is 0 Å². The van der Waals surface area contributed by atoms with Gasteiger partial charge in [-0.1, -0.05) is 0 Å². The van der Waals surface area contributed by atoms with Crippen LogP contribution in [0.1, 0.15) is 12.5 Å². The van der Waals surface area contributed by atoms with Gasteiger partial charge in [0.05, 0.1) is 31.6 Å². The van der Waals surface area contributed by atoms with Crippen LogP contribution in [0.5, 0.6) is 0 Å². The number of halogens is 2. The van der Waals surface area contributed by atoms with Crippen molar-refractivity contribution in [2.24, 2.45) is 0 Å². The highest BCUT2D eigenvalue weighted by atomic mass is 32.5. The fourth-order valence-electron chi connectivity index (χ4n) is 5.32. The van der Waals surface area contributed by atoms with Gasteiger partial charge in [0.1, 0.15) is 29.9 Å². The molecule has 7 rings (SSSR count). The largest absolute Gasteiger partial charge is 0.472 e. The summed E-state index contributed by atoms with van der Waals surface area (Å²) in [6.07, 6.45) is -10.3. The second-order valence-electron chi connectivity index (χ2n) is 10.2. The number of nitrogen functional groups attached to an aromatic ring is 2. The smallest absolute Gasteiger partial charge is 0.397 e. The Kier molecular flexibility index (Phi) is 7.53. The maximum absolute atomic E-state index is 15.9. The zero-order valence-corrected chi connectivity index (χ0v) is 25.0. The lowest BCUT2D eigenvalue weighted by Gasteiger charge is -2.27. The third kappa shape index (κ3) is 5.44. The Labute approximate surface area is 254 Å². The number of H-pyrrole nitrogens is 1. The van der Waals surface area contributed by atoms with Gasteiger partial charge < -0.3 is 35.3 Å². The van der Waals surface area contributed by atoms with Crippen LogP contribution in [0.4, 0.5) is 20.4 Å². The average molecular weight is 693 g/mol. The number of ether oxygens (including phenoxy) is 2. The van der Waals surface area contributed by atoms with E-state index in [1.807, 2.05) is 0 Å². The van der Waals surface area contributed by atoms with Crippen molar-refractivity contribution in [2.45, 2.75) is 49.2 Å². The molecule has 4 aromatic rings. The summed E-state index contributed by atoms with van der Waals surface area (Å²) >= 11 is 5.13. The molecule has 10 atom stereocenters. The second-order valence-corrected chi connectivity index (χ2v) is 14.4. The molecule has 3 aliphatic rings. The SMILES string of the molecule is Nc1nc2c(ncn2[C@@H]2O[C@@H]3COP(=O)(O)O[C@H]4[C@@H](F)[C@H](n5cnc6c(N)ccnc65)O[C@@H]4COP(O)(=S)O[C@@H]2[C@@H]3F)c(=O)[nH]1. The molecule has 0 amide bonds. The first kappa shape index (κ1) is 30.6. The normalized spacial score (nSPS) is 37.7. The Balaban J connectivity index is 1.21. The topological polar surface area (TPSA) is 259 Å². The summed E-state index contributed by atoms with van der Waals surface area (Å²) in [5.74, 6) is -0.281. The van der Waals surface area contributed by atoms with E-state index in [1.54, 1.807) is 0 Å². The molecule has 7 N–H and O–H groups in total. The quantitative estimate of drug-likeness (QED) is 0.177. The number of imidazole rings is 2. The number of fused-ring (bicyclic) bond motifs is 5. The van der Waals surface area contributed by atoms with Gasteiger partial charge >= 0.3 is 14.5 Å². The fraction of sp³-hybridized carbons (Fsp3) is 0.476. The van der Waals surface area contributed by atoms with E-state index in [-0.39, 0.29) is 34.0 Å². The van der Waals surface area contributed by atoms with E-state index >= 15 is 8.78 Å². The predicted octanol–water partition coefficient (Wildman–Crippen LogP) is 0.334. The number of anilines is 2. The minimum Gasteiger partial charge on any atom is -0.397 e. The first-order valence-electron chi connectivity index (χ1n) is 13.0. The number of pyridine rings is 1. The second kappa shape index (κ2) is 11.1. The lowest BCUT2D eigenvalue weighted by Crippen LogP contribution is -2.34. The van der Waals surface area contributed by atoms with Gasteiger partial charge in [0.15, 0.2) is 41.6 Å². The number of nitrogens with two attached hydrogens (primary N) is 2. The molecule has 0 radical (unpaired) electrons. The van der Waals surface area contributed by atoms with Gasteiger partial charge in [-0.15, -0.1) is 0 Å². The van der Waals surface area contributed by atoms with E-state index in [0.717, 1.165) is 10.9 Å². The lowest BCUT2D eigenvalue weighted by atomic mass is 10.1. The summed E-state index contributed by atoms with van der Waals surface area (Å²) < 4.78 is 79.7. The van der Waals surface area contributed by atoms with E-state index in [9.17, 15) is 19.1 Å². The number of aromatic nitrogens is 7. The molecule has 4 aromatic heterocycles. The van der Waals surface area contributed by atoms with Crippen LogP contribution in [0.25, 0.3) is 22.3 Å². The molecule has 3 aliphatic heterocycles. The number of phosphoric ester groups is 1. The molecule has 3 fully saturated rings. The molecule has 2 bridgehead atoms. The molecule has 242 valence electrons. The highest BCUT2D eigenvalue weighted by Crippen LogP contribution is 2.54. The zero-order chi connectivity index (χ0) is 31.8. The third-order valence-electron chi connectivity index (χ3n) is 7.34. The number of phosphoric acid groups is 1. The maximum atomic E-state index is 15.9. The van der Waals surface area contributed by atoms with Crippen molar-refractivity contribution in [3.05, 3.63) is 35.3 Å². The Morgan fingerprint density at radius 3 is 2.40 bits per heavy atom. The Bertz CT molecular complexity index is 1950. The molecule has 7 heterocycles. The first-order valence-corrected chi connectivity index (χ1v) is 17.1. The summed E-state index contributed by atoms with van der Waals surface area (Å²) in [6, 6.07) is 1.49. The molecule has 0 aliphatic carbocycles. The molecule has 0 aromatic carbocycles. The number of nitrogens with one attached hydrogen (secondary N) is 1. The molecule has 19 nitrogen and oxygen atoms in total. The van der Waals surface area contributed by atoms with Gasteiger partial charge in [-0.3, -0.25) is 32.5 Å². The molecular formula is C21H23F2N9O10P2S. The molecule has 0 saturated carbocycles. The van der Waals surface area contributed by atoms with Crippen LogP contribution < -0.4 is 17.0 Å². The van der Waals surface area contributed by atoms with Crippen molar-refractivity contribution >= 4 is 60.3 Å². The number of hydrogen-bond acceptors (Lipinski definition) is 15. The summed E-state index contributed by atoms with van der Waals surface area (Å²) in [5, 5.41) is 0. The zero-order valence-electron chi connectivity index (χ0n) is 22.4. The summed E-state index contributed by atoms with van der Waals surface area (Å²) in [5.41, 5.74) is 11.2. The van der Waals surface area contributed by atoms with Gasteiger partial charge in [0, 0.05) is 6.20 Å². The number of rotatable bonds is 2. The molecule has 2 unspecified atom stereocenters. The van der Waals surface area contributed by atoms with Crippen molar-refractivity contribution in [1.29, 1.82) is 0 Å². The van der Waals surface area contributed by atoms with Crippen molar-refractivity contribution in [1.82, 2.24) is 34.1 Å².